The number of para-hydroxylation sites is 2. The zero-order chi connectivity index (χ0) is 20.3. The molecule has 0 aliphatic carbocycles. The number of aromatic nitrogens is 1. The first kappa shape index (κ1) is 19.0. The third-order valence-electron chi connectivity index (χ3n) is 4.97. The average molecular weight is 426 g/mol. The van der Waals surface area contributed by atoms with Gasteiger partial charge in [0.25, 0.3) is 0 Å². The molecule has 2 N–H and O–H groups in total. The molecule has 2 aliphatic rings. The molecule has 3 heterocycles. The maximum absolute atomic E-state index is 12.3. The molecule has 0 spiro atoms. The number of thiazole rings is 1. The summed E-state index contributed by atoms with van der Waals surface area (Å²) in [7, 11) is 0. The van der Waals surface area contributed by atoms with E-state index in [-0.39, 0.29) is 12.1 Å². The molecule has 0 bridgehead atoms. The van der Waals surface area contributed by atoms with Crippen molar-refractivity contribution in [3.05, 3.63) is 42.5 Å². The number of carbonyl (C=O) groups excluding carboxylic acids is 1. The summed E-state index contributed by atoms with van der Waals surface area (Å²) in [6.45, 7) is 3.91. The van der Waals surface area contributed by atoms with E-state index in [0.717, 1.165) is 53.1 Å². The molecule has 1 aromatic heterocycles. The van der Waals surface area contributed by atoms with Gasteiger partial charge in [0.05, 0.1) is 30.0 Å². The van der Waals surface area contributed by atoms with Crippen molar-refractivity contribution in [2.45, 2.75) is 6.10 Å². The molecule has 2 amide bonds. The summed E-state index contributed by atoms with van der Waals surface area (Å²) in [6, 6.07) is 13.0. The van der Waals surface area contributed by atoms with E-state index in [0.29, 0.717) is 18.9 Å². The second-order valence-corrected chi connectivity index (χ2v) is 8.12. The number of anilines is 2. The summed E-state index contributed by atoms with van der Waals surface area (Å²) in [4.78, 5) is 19.3. The van der Waals surface area contributed by atoms with E-state index in [1.54, 1.807) is 11.3 Å². The zero-order valence-corrected chi connectivity index (χ0v) is 17.1. The highest BCUT2D eigenvalue weighted by Crippen LogP contribution is 2.32. The van der Waals surface area contributed by atoms with Crippen molar-refractivity contribution >= 4 is 38.4 Å². The molecule has 0 unspecified atom stereocenters. The number of rotatable bonds is 4. The standard InChI is InChI=1S/C21H22N4O4S/c26-20(22-12-15-13-28-17-3-1-2-4-18(17)29-15)23-14-5-6-16-19(11-14)30-21(24-16)25-7-9-27-10-8-25/h1-6,11,15H,7-10,12-13H2,(H2,22,23,26)/t15-/m0/s1. The molecule has 5 rings (SSSR count). The fourth-order valence-electron chi connectivity index (χ4n) is 3.43. The van der Waals surface area contributed by atoms with E-state index in [2.05, 4.69) is 15.5 Å². The summed E-state index contributed by atoms with van der Waals surface area (Å²) in [5.41, 5.74) is 1.65. The van der Waals surface area contributed by atoms with Crippen LogP contribution >= 0.6 is 11.3 Å². The van der Waals surface area contributed by atoms with Gasteiger partial charge < -0.3 is 29.7 Å². The van der Waals surface area contributed by atoms with Gasteiger partial charge in [-0.05, 0) is 30.3 Å². The van der Waals surface area contributed by atoms with E-state index in [1.807, 2.05) is 42.5 Å². The molecule has 8 nitrogen and oxygen atoms in total. The van der Waals surface area contributed by atoms with Gasteiger partial charge in [0, 0.05) is 18.8 Å². The fraction of sp³-hybridized carbons (Fsp3) is 0.333. The zero-order valence-electron chi connectivity index (χ0n) is 16.3. The number of hydrogen-bond acceptors (Lipinski definition) is 7. The first-order chi connectivity index (χ1) is 14.7. The minimum Gasteiger partial charge on any atom is -0.486 e. The van der Waals surface area contributed by atoms with Crippen LogP contribution in [-0.4, -0.2) is 56.6 Å². The smallest absolute Gasteiger partial charge is 0.319 e. The van der Waals surface area contributed by atoms with E-state index in [1.165, 1.54) is 0 Å². The van der Waals surface area contributed by atoms with Crippen molar-refractivity contribution in [2.75, 3.05) is 49.7 Å². The summed E-state index contributed by atoms with van der Waals surface area (Å²) in [5, 5.41) is 6.72. The molecule has 1 fully saturated rings. The topological polar surface area (TPSA) is 85.0 Å². The van der Waals surface area contributed by atoms with Crippen LogP contribution in [0.15, 0.2) is 42.5 Å². The maximum atomic E-state index is 12.3. The predicted octanol–water partition coefficient (Wildman–Crippen LogP) is 3.09. The molecular weight excluding hydrogens is 404 g/mol. The largest absolute Gasteiger partial charge is 0.486 e. The summed E-state index contributed by atoms with van der Waals surface area (Å²) in [5.74, 6) is 1.43. The number of ether oxygens (including phenoxy) is 3. The van der Waals surface area contributed by atoms with Crippen molar-refractivity contribution < 1.29 is 19.0 Å². The Labute approximate surface area is 177 Å². The third-order valence-corrected chi connectivity index (χ3v) is 6.05. The van der Waals surface area contributed by atoms with Gasteiger partial charge in [0.1, 0.15) is 6.61 Å². The maximum Gasteiger partial charge on any atom is 0.319 e. The van der Waals surface area contributed by atoms with Crippen LogP contribution in [0.4, 0.5) is 15.6 Å². The highest BCUT2D eigenvalue weighted by Gasteiger charge is 2.21. The van der Waals surface area contributed by atoms with Gasteiger partial charge in [0.15, 0.2) is 22.7 Å². The van der Waals surface area contributed by atoms with Crippen molar-refractivity contribution in [2.24, 2.45) is 0 Å². The van der Waals surface area contributed by atoms with E-state index >= 15 is 0 Å². The van der Waals surface area contributed by atoms with Crippen LogP contribution in [0.25, 0.3) is 10.2 Å². The number of morpholine rings is 1. The Bertz CT molecular complexity index is 1050. The number of fused-ring (bicyclic) bond motifs is 2. The number of carbonyl (C=O) groups is 1. The molecule has 1 atom stereocenters. The lowest BCUT2D eigenvalue weighted by molar-refractivity contribution is 0.0922. The monoisotopic (exact) mass is 426 g/mol. The lowest BCUT2D eigenvalue weighted by Gasteiger charge is -2.26. The van der Waals surface area contributed by atoms with Gasteiger partial charge in [0.2, 0.25) is 0 Å². The van der Waals surface area contributed by atoms with Gasteiger partial charge in [-0.1, -0.05) is 23.5 Å². The average Bonchev–Trinajstić information content (AvgIpc) is 3.22. The number of benzene rings is 2. The van der Waals surface area contributed by atoms with Crippen LogP contribution < -0.4 is 25.0 Å². The molecule has 2 aliphatic heterocycles. The molecule has 30 heavy (non-hydrogen) atoms. The number of urea groups is 1. The van der Waals surface area contributed by atoms with E-state index in [9.17, 15) is 4.79 Å². The Morgan fingerprint density at radius 3 is 2.87 bits per heavy atom. The van der Waals surface area contributed by atoms with Crippen LogP contribution in [0.2, 0.25) is 0 Å². The van der Waals surface area contributed by atoms with Gasteiger partial charge in [-0.3, -0.25) is 0 Å². The van der Waals surface area contributed by atoms with Crippen LogP contribution in [0.3, 0.4) is 0 Å². The van der Waals surface area contributed by atoms with Gasteiger partial charge in [-0.2, -0.15) is 0 Å². The first-order valence-corrected chi connectivity index (χ1v) is 10.7. The molecule has 0 saturated carbocycles. The van der Waals surface area contributed by atoms with Crippen LogP contribution in [0.1, 0.15) is 0 Å². The Morgan fingerprint density at radius 1 is 1.17 bits per heavy atom. The van der Waals surface area contributed by atoms with Crippen LogP contribution in [-0.2, 0) is 4.74 Å². The summed E-state index contributed by atoms with van der Waals surface area (Å²) < 4.78 is 18.0. The second kappa shape index (κ2) is 8.37. The quantitative estimate of drug-likeness (QED) is 0.667. The lowest BCUT2D eigenvalue weighted by Crippen LogP contribution is -2.42. The Morgan fingerprint density at radius 2 is 2.00 bits per heavy atom. The normalized spacial score (nSPS) is 18.3. The minimum atomic E-state index is -0.283. The van der Waals surface area contributed by atoms with Gasteiger partial charge in [-0.25, -0.2) is 9.78 Å². The number of nitrogens with one attached hydrogen (secondary N) is 2. The highest BCUT2D eigenvalue weighted by molar-refractivity contribution is 7.22. The SMILES string of the molecule is O=C(NC[C@H]1COc2ccccc2O1)Nc1ccc2nc(N3CCOCC3)sc2c1. The molecular formula is C21H22N4O4S. The Balaban J connectivity index is 1.17. The number of amides is 2. The van der Waals surface area contributed by atoms with Crippen molar-refractivity contribution in [3.8, 4) is 11.5 Å². The fourth-order valence-corrected chi connectivity index (χ4v) is 4.48. The molecule has 2 aromatic carbocycles. The van der Waals surface area contributed by atoms with Gasteiger partial charge >= 0.3 is 6.03 Å². The Kier molecular flexibility index (Phi) is 5.29. The number of nitrogens with zero attached hydrogens (tertiary/aromatic N) is 2. The van der Waals surface area contributed by atoms with E-state index in [4.69, 9.17) is 19.2 Å². The van der Waals surface area contributed by atoms with Crippen molar-refractivity contribution in [1.29, 1.82) is 0 Å². The predicted molar refractivity (Wildman–Crippen MR) is 116 cm³/mol. The molecule has 3 aromatic rings. The summed E-state index contributed by atoms with van der Waals surface area (Å²) in [6.07, 6.45) is -0.231. The second-order valence-electron chi connectivity index (χ2n) is 7.11. The van der Waals surface area contributed by atoms with Crippen LogP contribution in [0.5, 0.6) is 11.5 Å². The lowest BCUT2D eigenvalue weighted by atomic mass is 10.2. The van der Waals surface area contributed by atoms with Crippen molar-refractivity contribution in [1.82, 2.24) is 10.3 Å². The molecule has 0 radical (unpaired) electrons. The molecule has 9 heteroatoms. The third kappa shape index (κ3) is 4.12. The molecule has 156 valence electrons. The van der Waals surface area contributed by atoms with Crippen LogP contribution in [0, 0.1) is 0 Å². The van der Waals surface area contributed by atoms with Gasteiger partial charge in [-0.15, -0.1) is 0 Å². The minimum absolute atomic E-state index is 0.231. The summed E-state index contributed by atoms with van der Waals surface area (Å²) >= 11 is 1.63. The van der Waals surface area contributed by atoms with E-state index < -0.39 is 0 Å². The Hall–Kier alpha value is -3.04. The molecule has 1 saturated heterocycles. The highest BCUT2D eigenvalue weighted by atomic mass is 32.1. The first-order valence-electron chi connectivity index (χ1n) is 9.91. The number of hydrogen-bond donors (Lipinski definition) is 2. The van der Waals surface area contributed by atoms with Crippen molar-refractivity contribution in [3.63, 3.8) is 0 Å².